The number of benzene rings is 2. The summed E-state index contributed by atoms with van der Waals surface area (Å²) in [5.74, 6) is 0.0262. The van der Waals surface area contributed by atoms with Gasteiger partial charge in [0, 0.05) is 67.7 Å². The van der Waals surface area contributed by atoms with Gasteiger partial charge in [0.15, 0.2) is 0 Å². The zero-order chi connectivity index (χ0) is 30.6. The molecular weight excluding hydrogens is 566 g/mol. The molecule has 43 heavy (non-hydrogen) atoms. The number of sulfonamides is 1. The monoisotopic (exact) mass is 603 g/mol. The average Bonchev–Trinajstić information content (AvgIpc) is 3.17. The van der Waals surface area contributed by atoms with Crippen LogP contribution in [0.4, 0.5) is 11.4 Å². The van der Waals surface area contributed by atoms with Gasteiger partial charge < -0.3 is 16.4 Å². The van der Waals surface area contributed by atoms with Crippen molar-refractivity contribution in [2.75, 3.05) is 45.5 Å². The molecule has 5 rings (SSSR count). The summed E-state index contributed by atoms with van der Waals surface area (Å²) in [5, 5.41) is 1.37. The Bertz CT molecular complexity index is 1630. The summed E-state index contributed by atoms with van der Waals surface area (Å²) >= 11 is 0. The number of amidine groups is 1. The van der Waals surface area contributed by atoms with E-state index in [9.17, 15) is 13.2 Å². The van der Waals surface area contributed by atoms with Crippen LogP contribution in [-0.4, -0.2) is 79.2 Å². The summed E-state index contributed by atoms with van der Waals surface area (Å²) in [6, 6.07) is 16.2. The summed E-state index contributed by atoms with van der Waals surface area (Å²) in [5.41, 5.74) is 16.7. The smallest absolute Gasteiger partial charge is 0.273 e. The average molecular weight is 604 g/mol. The lowest BCUT2D eigenvalue weighted by molar-refractivity contribution is -0.187. The molecule has 0 saturated carbocycles. The lowest BCUT2D eigenvalue weighted by Crippen LogP contribution is -2.47. The summed E-state index contributed by atoms with van der Waals surface area (Å²) in [4.78, 5) is 30.7. The van der Waals surface area contributed by atoms with Gasteiger partial charge in [-0.25, -0.2) is 18.5 Å². The van der Waals surface area contributed by atoms with Crippen molar-refractivity contribution in [3.63, 3.8) is 0 Å². The zero-order valence-electron chi connectivity index (χ0n) is 24.4. The Morgan fingerprint density at radius 1 is 1.02 bits per heavy atom. The van der Waals surface area contributed by atoms with E-state index in [1.807, 2.05) is 44.3 Å². The van der Waals surface area contributed by atoms with Gasteiger partial charge in [-0.3, -0.25) is 14.6 Å². The number of pyridine rings is 1. The fourth-order valence-corrected chi connectivity index (χ4v) is 6.29. The van der Waals surface area contributed by atoms with Gasteiger partial charge >= 0.3 is 0 Å². The van der Waals surface area contributed by atoms with E-state index in [2.05, 4.69) is 14.9 Å². The maximum atomic E-state index is 13.5. The van der Waals surface area contributed by atoms with Crippen molar-refractivity contribution in [1.82, 2.24) is 19.3 Å². The van der Waals surface area contributed by atoms with Crippen molar-refractivity contribution >= 4 is 39.2 Å². The topological polar surface area (TPSA) is 147 Å². The van der Waals surface area contributed by atoms with Gasteiger partial charge in [-0.05, 0) is 55.4 Å². The Morgan fingerprint density at radius 3 is 2.44 bits per heavy atom. The third-order valence-electron chi connectivity index (χ3n) is 7.42. The Hall–Kier alpha value is -4.10. The van der Waals surface area contributed by atoms with Crippen LogP contribution in [0.3, 0.4) is 0 Å². The molecule has 3 heterocycles. The number of rotatable bonds is 9. The second kappa shape index (κ2) is 13.0. The maximum absolute atomic E-state index is 13.5. The molecule has 4 N–H and O–H groups in total. The highest BCUT2D eigenvalue weighted by atomic mass is 32.2. The number of hydrogen-bond donors (Lipinski definition) is 2. The van der Waals surface area contributed by atoms with Crippen molar-refractivity contribution in [3.8, 4) is 11.3 Å². The quantitative estimate of drug-likeness (QED) is 0.279. The molecule has 0 unspecified atom stereocenters. The van der Waals surface area contributed by atoms with Gasteiger partial charge in [-0.1, -0.05) is 31.2 Å². The van der Waals surface area contributed by atoms with E-state index in [-0.39, 0.29) is 23.8 Å². The minimum Gasteiger partial charge on any atom is -0.399 e. The van der Waals surface area contributed by atoms with Crippen LogP contribution >= 0.6 is 0 Å². The third-order valence-corrected chi connectivity index (χ3v) is 9.30. The molecule has 12 heteroatoms. The SMILES string of the molecule is CCCN(OCc1ccc(N)cc1)C(=O)C1=Cc2ccc(-c3ccc(S(=O)(=O)N4CCN(C)CC4)cn3)cc2N=C(N)C1. The number of carbonyl (C=O) groups excluding carboxylic acids is 1. The molecule has 1 saturated heterocycles. The first-order valence-corrected chi connectivity index (χ1v) is 15.7. The van der Waals surface area contributed by atoms with Crippen LogP contribution in [0, 0.1) is 0 Å². The maximum Gasteiger partial charge on any atom is 0.273 e. The van der Waals surface area contributed by atoms with Crippen LogP contribution in [0.2, 0.25) is 0 Å². The van der Waals surface area contributed by atoms with Crippen LogP contribution in [-0.2, 0) is 26.3 Å². The lowest BCUT2D eigenvalue weighted by atomic mass is 10.0. The largest absolute Gasteiger partial charge is 0.399 e. The minimum absolute atomic E-state index is 0.166. The minimum atomic E-state index is -3.61. The molecule has 0 aliphatic carbocycles. The van der Waals surface area contributed by atoms with E-state index >= 15 is 0 Å². The normalized spacial score (nSPS) is 16.1. The van der Waals surface area contributed by atoms with Gasteiger partial charge in [0.1, 0.15) is 17.3 Å². The number of fused-ring (bicyclic) bond motifs is 1. The molecule has 3 aromatic rings. The third kappa shape index (κ3) is 7.11. The molecule has 226 valence electrons. The molecule has 0 atom stereocenters. The first-order chi connectivity index (χ1) is 20.6. The molecule has 1 aromatic heterocycles. The number of hydroxylamine groups is 2. The lowest BCUT2D eigenvalue weighted by Gasteiger charge is -2.31. The standard InChI is InChI=1S/C31H37N7O4S/c1-3-12-38(42-21-22-4-8-26(32)9-5-22)31(39)25-17-23-6-7-24(18-29(23)35-30(33)19-25)28-11-10-27(20-34-28)43(40,41)37-15-13-36(2)14-16-37/h4-11,17-18,20H,3,12-16,19,21,32H2,1-2H3,(H2,33,35). The Labute approximate surface area is 252 Å². The Balaban J connectivity index is 1.34. The van der Waals surface area contributed by atoms with Crippen molar-refractivity contribution in [1.29, 1.82) is 0 Å². The van der Waals surface area contributed by atoms with Crippen molar-refractivity contribution in [3.05, 3.63) is 77.5 Å². The van der Waals surface area contributed by atoms with Crippen molar-refractivity contribution < 1.29 is 18.0 Å². The van der Waals surface area contributed by atoms with Crippen LogP contribution < -0.4 is 11.5 Å². The summed E-state index contributed by atoms with van der Waals surface area (Å²) in [6.07, 6.45) is 4.08. The fourth-order valence-electron chi connectivity index (χ4n) is 4.92. The molecular formula is C31H37N7O4S. The van der Waals surface area contributed by atoms with E-state index in [1.54, 1.807) is 30.3 Å². The summed E-state index contributed by atoms with van der Waals surface area (Å²) < 4.78 is 27.7. The van der Waals surface area contributed by atoms with Crippen molar-refractivity contribution in [2.24, 2.45) is 10.7 Å². The van der Waals surface area contributed by atoms with E-state index in [4.69, 9.17) is 16.3 Å². The first kappa shape index (κ1) is 30.4. The predicted octanol–water partition coefficient (Wildman–Crippen LogP) is 3.41. The number of piperazine rings is 1. The predicted molar refractivity (Wildman–Crippen MR) is 167 cm³/mol. The molecule has 1 amide bonds. The van der Waals surface area contributed by atoms with Crippen LogP contribution in [0.5, 0.6) is 0 Å². The number of anilines is 1. The highest BCUT2D eigenvalue weighted by molar-refractivity contribution is 7.89. The highest BCUT2D eigenvalue weighted by Crippen LogP contribution is 2.32. The number of nitrogens with zero attached hydrogens (tertiary/aromatic N) is 5. The Kier molecular flexibility index (Phi) is 9.21. The van der Waals surface area contributed by atoms with E-state index in [0.717, 1.165) is 16.7 Å². The van der Waals surface area contributed by atoms with Gasteiger partial charge in [0.05, 0.1) is 11.4 Å². The number of carbonyl (C=O) groups is 1. The Morgan fingerprint density at radius 2 is 1.77 bits per heavy atom. The molecule has 2 aliphatic rings. The summed E-state index contributed by atoms with van der Waals surface area (Å²) in [7, 11) is -1.63. The van der Waals surface area contributed by atoms with Crippen LogP contribution in [0.15, 0.2) is 76.3 Å². The number of likely N-dealkylation sites (N-methyl/N-ethyl adjacent to an activating group) is 1. The number of hydrogen-bond acceptors (Lipinski definition) is 9. The molecule has 0 bridgehead atoms. The number of aromatic nitrogens is 1. The molecule has 1 fully saturated rings. The molecule has 0 spiro atoms. The van der Waals surface area contributed by atoms with Gasteiger partial charge in [-0.2, -0.15) is 4.31 Å². The van der Waals surface area contributed by atoms with Gasteiger partial charge in [0.25, 0.3) is 5.91 Å². The highest BCUT2D eigenvalue weighted by Gasteiger charge is 2.28. The van der Waals surface area contributed by atoms with E-state index < -0.39 is 10.0 Å². The number of amides is 1. The van der Waals surface area contributed by atoms with Crippen LogP contribution in [0.25, 0.3) is 17.3 Å². The fraction of sp³-hybridized carbons (Fsp3) is 0.323. The second-order valence-corrected chi connectivity index (χ2v) is 12.7. The number of aliphatic imine (C=N–C) groups is 1. The molecule has 2 aromatic carbocycles. The van der Waals surface area contributed by atoms with E-state index in [1.165, 1.54) is 15.6 Å². The zero-order valence-corrected chi connectivity index (χ0v) is 25.3. The molecule has 2 aliphatic heterocycles. The molecule has 0 radical (unpaired) electrons. The van der Waals surface area contributed by atoms with Crippen LogP contribution in [0.1, 0.15) is 30.9 Å². The van der Waals surface area contributed by atoms with Gasteiger partial charge in [0.2, 0.25) is 10.0 Å². The number of nitrogen functional groups attached to an aromatic ring is 1. The molecule has 11 nitrogen and oxygen atoms in total. The van der Waals surface area contributed by atoms with Crippen molar-refractivity contribution in [2.45, 2.75) is 31.3 Å². The van der Waals surface area contributed by atoms with E-state index in [0.29, 0.717) is 67.6 Å². The first-order valence-electron chi connectivity index (χ1n) is 14.3. The number of nitrogens with two attached hydrogens (primary N) is 2. The summed E-state index contributed by atoms with van der Waals surface area (Å²) in [6.45, 7) is 4.91. The second-order valence-electron chi connectivity index (χ2n) is 10.7. The van der Waals surface area contributed by atoms with Gasteiger partial charge in [-0.15, -0.1) is 0 Å².